The van der Waals surface area contributed by atoms with Crippen molar-refractivity contribution >= 4 is 11.6 Å². The van der Waals surface area contributed by atoms with E-state index in [1.54, 1.807) is 38.1 Å². The third-order valence-electron chi connectivity index (χ3n) is 2.64. The van der Waals surface area contributed by atoms with E-state index in [9.17, 15) is 18.0 Å². The molecule has 0 saturated heterocycles. The van der Waals surface area contributed by atoms with E-state index in [2.05, 4.69) is 0 Å². The molecule has 0 aliphatic heterocycles. The first kappa shape index (κ1) is 16.3. The number of carbonyl (C=O) groups excluding carboxylic acids is 1. The van der Waals surface area contributed by atoms with Gasteiger partial charge in [-0.05, 0) is 23.6 Å². The van der Waals surface area contributed by atoms with Crippen molar-refractivity contribution in [3.05, 3.63) is 29.8 Å². The third-order valence-corrected chi connectivity index (χ3v) is 2.64. The summed E-state index contributed by atoms with van der Waals surface area (Å²) in [5.41, 5.74) is 6.73. The minimum Gasteiger partial charge on any atom is -0.399 e. The number of nitrogen functional groups attached to an aromatic ring is 1. The SMILES string of the molecule is CC(C)CN(CC(F)(F)F)C(=O)Cc1ccc(N)cc1. The van der Waals surface area contributed by atoms with Gasteiger partial charge in [0.1, 0.15) is 6.54 Å². The number of rotatable bonds is 5. The van der Waals surface area contributed by atoms with E-state index < -0.39 is 18.6 Å². The second-order valence-electron chi connectivity index (χ2n) is 5.20. The Morgan fingerprint density at radius 2 is 1.80 bits per heavy atom. The number of alkyl halides is 3. The first-order chi connectivity index (χ1) is 9.17. The van der Waals surface area contributed by atoms with Crippen molar-refractivity contribution in [2.24, 2.45) is 5.92 Å². The molecule has 0 radical (unpaired) electrons. The molecule has 0 saturated carbocycles. The quantitative estimate of drug-likeness (QED) is 0.847. The van der Waals surface area contributed by atoms with Crippen LogP contribution in [0, 0.1) is 5.92 Å². The van der Waals surface area contributed by atoms with E-state index in [0.29, 0.717) is 11.3 Å². The van der Waals surface area contributed by atoms with Crippen molar-refractivity contribution in [3.63, 3.8) is 0 Å². The maximum atomic E-state index is 12.5. The van der Waals surface area contributed by atoms with E-state index in [-0.39, 0.29) is 18.9 Å². The number of carbonyl (C=O) groups is 1. The fraction of sp³-hybridized carbons (Fsp3) is 0.500. The van der Waals surface area contributed by atoms with Crippen LogP contribution in [0.1, 0.15) is 19.4 Å². The topological polar surface area (TPSA) is 46.3 Å². The molecule has 0 atom stereocenters. The van der Waals surface area contributed by atoms with Crippen LogP contribution in [-0.2, 0) is 11.2 Å². The summed E-state index contributed by atoms with van der Waals surface area (Å²) in [7, 11) is 0. The van der Waals surface area contributed by atoms with Crippen LogP contribution in [-0.4, -0.2) is 30.1 Å². The number of nitrogens with two attached hydrogens (primary N) is 1. The molecule has 0 bridgehead atoms. The van der Waals surface area contributed by atoms with Gasteiger partial charge in [-0.3, -0.25) is 4.79 Å². The van der Waals surface area contributed by atoms with Gasteiger partial charge in [-0.15, -0.1) is 0 Å². The number of benzene rings is 1. The van der Waals surface area contributed by atoms with Crippen molar-refractivity contribution < 1.29 is 18.0 Å². The maximum Gasteiger partial charge on any atom is 0.406 e. The lowest BCUT2D eigenvalue weighted by atomic mass is 10.1. The molecule has 1 rings (SSSR count). The number of hydrogen-bond acceptors (Lipinski definition) is 2. The molecule has 3 nitrogen and oxygen atoms in total. The Balaban J connectivity index is 2.74. The molecule has 2 N–H and O–H groups in total. The summed E-state index contributed by atoms with van der Waals surface area (Å²) in [4.78, 5) is 12.9. The number of halogens is 3. The fourth-order valence-electron chi connectivity index (χ4n) is 1.83. The van der Waals surface area contributed by atoms with Crippen LogP contribution in [0.25, 0.3) is 0 Å². The van der Waals surface area contributed by atoms with E-state index >= 15 is 0 Å². The lowest BCUT2D eigenvalue weighted by Crippen LogP contribution is -2.41. The third kappa shape index (κ3) is 5.95. The van der Waals surface area contributed by atoms with Gasteiger partial charge in [0, 0.05) is 12.2 Å². The highest BCUT2D eigenvalue weighted by molar-refractivity contribution is 5.79. The van der Waals surface area contributed by atoms with E-state index in [4.69, 9.17) is 5.73 Å². The van der Waals surface area contributed by atoms with Crippen molar-refractivity contribution in [2.45, 2.75) is 26.4 Å². The average molecular weight is 288 g/mol. The van der Waals surface area contributed by atoms with Gasteiger partial charge >= 0.3 is 6.18 Å². The zero-order chi connectivity index (χ0) is 15.3. The molecule has 1 aromatic rings. The smallest absolute Gasteiger partial charge is 0.399 e. The minimum atomic E-state index is -4.38. The highest BCUT2D eigenvalue weighted by Gasteiger charge is 2.33. The molecule has 112 valence electrons. The van der Waals surface area contributed by atoms with Crippen molar-refractivity contribution in [2.75, 3.05) is 18.8 Å². The lowest BCUT2D eigenvalue weighted by molar-refractivity contribution is -0.161. The predicted molar refractivity (Wildman–Crippen MR) is 72.0 cm³/mol. The molecule has 0 fully saturated rings. The summed E-state index contributed by atoms with van der Waals surface area (Å²) in [6.07, 6.45) is -4.44. The molecule has 0 spiro atoms. The zero-order valence-corrected chi connectivity index (χ0v) is 11.6. The second-order valence-corrected chi connectivity index (χ2v) is 5.20. The van der Waals surface area contributed by atoms with Crippen LogP contribution >= 0.6 is 0 Å². The Labute approximate surface area is 116 Å². The number of amides is 1. The lowest BCUT2D eigenvalue weighted by Gasteiger charge is -2.25. The highest BCUT2D eigenvalue weighted by atomic mass is 19.4. The summed E-state index contributed by atoms with van der Waals surface area (Å²) >= 11 is 0. The van der Waals surface area contributed by atoms with Crippen molar-refractivity contribution in [3.8, 4) is 0 Å². The Kier molecular flexibility index (Phi) is 5.42. The van der Waals surface area contributed by atoms with Crippen LogP contribution < -0.4 is 5.73 Å². The Hall–Kier alpha value is -1.72. The molecule has 0 heterocycles. The minimum absolute atomic E-state index is 0.0206. The van der Waals surface area contributed by atoms with Crippen molar-refractivity contribution in [1.29, 1.82) is 0 Å². The monoisotopic (exact) mass is 288 g/mol. The molecule has 1 aromatic carbocycles. The van der Waals surface area contributed by atoms with Crippen LogP contribution in [0.3, 0.4) is 0 Å². The maximum absolute atomic E-state index is 12.5. The van der Waals surface area contributed by atoms with E-state index in [1.165, 1.54) is 0 Å². The van der Waals surface area contributed by atoms with Gasteiger partial charge < -0.3 is 10.6 Å². The number of anilines is 1. The summed E-state index contributed by atoms with van der Waals surface area (Å²) in [5, 5.41) is 0. The van der Waals surface area contributed by atoms with Gasteiger partial charge in [-0.2, -0.15) is 13.2 Å². The summed E-state index contributed by atoms with van der Waals surface area (Å²) in [5.74, 6) is -0.548. The van der Waals surface area contributed by atoms with Gasteiger partial charge in [0.25, 0.3) is 0 Å². The van der Waals surface area contributed by atoms with Crippen LogP contribution in [0.2, 0.25) is 0 Å². The van der Waals surface area contributed by atoms with Crippen LogP contribution in [0.4, 0.5) is 18.9 Å². The zero-order valence-electron chi connectivity index (χ0n) is 11.6. The largest absolute Gasteiger partial charge is 0.406 e. The first-order valence-corrected chi connectivity index (χ1v) is 6.36. The second kappa shape index (κ2) is 6.63. The van der Waals surface area contributed by atoms with Gasteiger partial charge in [0.15, 0.2) is 0 Å². The number of nitrogens with zero attached hydrogens (tertiary/aromatic N) is 1. The average Bonchev–Trinajstić information content (AvgIpc) is 2.29. The molecule has 6 heteroatoms. The molecule has 1 amide bonds. The standard InChI is InChI=1S/C14H19F3N2O/c1-10(2)8-19(9-14(15,16)17)13(20)7-11-3-5-12(18)6-4-11/h3-6,10H,7-9,18H2,1-2H3. The van der Waals surface area contributed by atoms with Crippen LogP contribution in [0.5, 0.6) is 0 Å². The molecular formula is C14H19F3N2O. The number of hydrogen-bond donors (Lipinski definition) is 1. The molecule has 0 aliphatic carbocycles. The van der Waals surface area contributed by atoms with Gasteiger partial charge in [-0.1, -0.05) is 26.0 Å². The van der Waals surface area contributed by atoms with E-state index in [1.807, 2.05) is 0 Å². The Bertz CT molecular complexity index is 441. The van der Waals surface area contributed by atoms with Gasteiger partial charge in [-0.25, -0.2) is 0 Å². The van der Waals surface area contributed by atoms with Gasteiger partial charge in [0.05, 0.1) is 6.42 Å². The first-order valence-electron chi connectivity index (χ1n) is 6.36. The molecule has 20 heavy (non-hydrogen) atoms. The van der Waals surface area contributed by atoms with Crippen LogP contribution in [0.15, 0.2) is 24.3 Å². The van der Waals surface area contributed by atoms with Crippen molar-refractivity contribution in [1.82, 2.24) is 4.90 Å². The Morgan fingerprint density at radius 1 is 1.25 bits per heavy atom. The van der Waals surface area contributed by atoms with Gasteiger partial charge in [0.2, 0.25) is 5.91 Å². The molecular weight excluding hydrogens is 269 g/mol. The normalized spacial score (nSPS) is 11.7. The summed E-state index contributed by atoms with van der Waals surface area (Å²) in [6, 6.07) is 6.54. The molecule has 0 aliphatic rings. The highest BCUT2D eigenvalue weighted by Crippen LogP contribution is 2.18. The summed E-state index contributed by atoms with van der Waals surface area (Å²) < 4.78 is 37.5. The fourth-order valence-corrected chi connectivity index (χ4v) is 1.83. The summed E-state index contributed by atoms with van der Waals surface area (Å²) in [6.45, 7) is 2.44. The Morgan fingerprint density at radius 3 is 2.25 bits per heavy atom. The predicted octanol–water partition coefficient (Wildman–Crippen LogP) is 2.86. The van der Waals surface area contributed by atoms with E-state index in [0.717, 1.165) is 4.90 Å². The molecule has 0 aromatic heterocycles. The molecule has 0 unspecified atom stereocenters.